The SMILES string of the molecule is Nc1nc(Nc2ccc(N3CCOCC3)cc2)n(C(=O)c2cccc(Cl)c2)n1. The predicted octanol–water partition coefficient (Wildman–Crippen LogP) is 2.78. The molecule has 1 aliphatic rings. The molecule has 0 amide bonds. The van der Waals surface area contributed by atoms with Crippen LogP contribution < -0.4 is 16.0 Å². The Morgan fingerprint density at radius 3 is 2.61 bits per heavy atom. The van der Waals surface area contributed by atoms with E-state index in [2.05, 4.69) is 20.3 Å². The van der Waals surface area contributed by atoms with Crippen molar-refractivity contribution in [1.82, 2.24) is 14.8 Å². The number of carbonyl (C=O) groups excluding carboxylic acids is 1. The molecule has 28 heavy (non-hydrogen) atoms. The average molecular weight is 399 g/mol. The lowest BCUT2D eigenvalue weighted by atomic mass is 10.2. The molecule has 144 valence electrons. The number of carbonyl (C=O) groups is 1. The van der Waals surface area contributed by atoms with E-state index in [0.29, 0.717) is 10.6 Å². The summed E-state index contributed by atoms with van der Waals surface area (Å²) in [5, 5.41) is 7.58. The van der Waals surface area contributed by atoms with Crippen molar-refractivity contribution in [2.24, 2.45) is 0 Å². The van der Waals surface area contributed by atoms with Gasteiger partial charge >= 0.3 is 0 Å². The fourth-order valence-corrected chi connectivity index (χ4v) is 3.19. The first-order valence-electron chi connectivity index (χ1n) is 8.83. The summed E-state index contributed by atoms with van der Waals surface area (Å²) in [5.74, 6) is -0.136. The molecule has 1 fully saturated rings. The van der Waals surface area contributed by atoms with Crippen LogP contribution in [-0.2, 0) is 4.74 Å². The van der Waals surface area contributed by atoms with Gasteiger partial charge in [0.2, 0.25) is 11.9 Å². The number of halogens is 1. The summed E-state index contributed by atoms with van der Waals surface area (Å²) < 4.78 is 6.52. The number of aromatic nitrogens is 3. The Hall–Kier alpha value is -3.10. The quantitative estimate of drug-likeness (QED) is 0.697. The summed E-state index contributed by atoms with van der Waals surface area (Å²) in [6, 6.07) is 14.5. The molecule has 1 aliphatic heterocycles. The molecule has 0 bridgehead atoms. The van der Waals surface area contributed by atoms with Gasteiger partial charge in [0.1, 0.15) is 0 Å². The van der Waals surface area contributed by atoms with Gasteiger partial charge in [0, 0.05) is 35.1 Å². The molecule has 9 heteroatoms. The second-order valence-corrected chi connectivity index (χ2v) is 6.73. The Balaban J connectivity index is 1.54. The van der Waals surface area contributed by atoms with Gasteiger partial charge in [-0.05, 0) is 42.5 Å². The second kappa shape index (κ2) is 7.87. The number of nitrogens with one attached hydrogen (secondary N) is 1. The molecule has 3 aromatic rings. The molecular formula is C19H19ClN6O2. The standard InChI is InChI=1S/C19H19ClN6O2/c20-14-3-1-2-13(12-14)17(27)26-19(23-18(21)24-26)22-15-4-6-16(7-5-15)25-8-10-28-11-9-25/h1-7,12H,8-11H2,(H3,21,22,23,24). The smallest absolute Gasteiger partial charge is 0.281 e. The van der Waals surface area contributed by atoms with Crippen LogP contribution in [0.1, 0.15) is 10.4 Å². The fourth-order valence-electron chi connectivity index (χ4n) is 3.00. The van der Waals surface area contributed by atoms with E-state index in [1.165, 1.54) is 0 Å². The van der Waals surface area contributed by atoms with Crippen LogP contribution in [0.4, 0.5) is 23.3 Å². The van der Waals surface area contributed by atoms with Crippen molar-refractivity contribution in [1.29, 1.82) is 0 Å². The highest BCUT2D eigenvalue weighted by molar-refractivity contribution is 6.31. The monoisotopic (exact) mass is 398 g/mol. The van der Waals surface area contributed by atoms with Crippen LogP contribution >= 0.6 is 11.6 Å². The molecule has 4 rings (SSSR count). The maximum atomic E-state index is 12.8. The number of hydrogen-bond donors (Lipinski definition) is 2. The van der Waals surface area contributed by atoms with Crippen LogP contribution in [0.2, 0.25) is 5.02 Å². The summed E-state index contributed by atoms with van der Waals surface area (Å²) >= 11 is 5.98. The van der Waals surface area contributed by atoms with Gasteiger partial charge in [-0.1, -0.05) is 17.7 Å². The Kier molecular flexibility index (Phi) is 5.14. The van der Waals surface area contributed by atoms with Gasteiger partial charge in [-0.3, -0.25) is 4.79 Å². The number of nitrogen functional groups attached to an aromatic ring is 1. The van der Waals surface area contributed by atoms with E-state index in [0.717, 1.165) is 42.4 Å². The number of morpholine rings is 1. The van der Waals surface area contributed by atoms with E-state index in [9.17, 15) is 4.79 Å². The van der Waals surface area contributed by atoms with E-state index >= 15 is 0 Å². The maximum absolute atomic E-state index is 12.8. The van der Waals surface area contributed by atoms with Crippen molar-refractivity contribution < 1.29 is 9.53 Å². The molecule has 0 spiro atoms. The zero-order valence-electron chi connectivity index (χ0n) is 15.0. The number of rotatable bonds is 4. The Labute approximate surface area is 166 Å². The van der Waals surface area contributed by atoms with Gasteiger partial charge in [0.15, 0.2) is 0 Å². The van der Waals surface area contributed by atoms with Gasteiger partial charge in [-0.25, -0.2) is 0 Å². The molecule has 0 atom stereocenters. The van der Waals surface area contributed by atoms with E-state index in [4.69, 9.17) is 22.1 Å². The lowest BCUT2D eigenvalue weighted by Gasteiger charge is -2.28. The van der Waals surface area contributed by atoms with E-state index in [1.54, 1.807) is 24.3 Å². The molecule has 0 unspecified atom stereocenters. The molecule has 1 aromatic heterocycles. The summed E-state index contributed by atoms with van der Waals surface area (Å²) in [7, 11) is 0. The maximum Gasteiger partial charge on any atom is 0.281 e. The molecule has 1 saturated heterocycles. The molecule has 8 nitrogen and oxygen atoms in total. The Bertz CT molecular complexity index is 982. The first-order chi connectivity index (χ1) is 13.6. The third-order valence-corrected chi connectivity index (χ3v) is 4.62. The van der Waals surface area contributed by atoms with Gasteiger partial charge < -0.3 is 20.7 Å². The van der Waals surface area contributed by atoms with Crippen molar-refractivity contribution in [2.75, 3.05) is 42.3 Å². The van der Waals surface area contributed by atoms with Crippen molar-refractivity contribution in [3.63, 3.8) is 0 Å². The summed E-state index contributed by atoms with van der Waals surface area (Å²) in [6.45, 7) is 3.19. The molecule has 0 saturated carbocycles. The number of ether oxygens (including phenoxy) is 1. The van der Waals surface area contributed by atoms with Crippen LogP contribution in [-0.4, -0.2) is 47.0 Å². The largest absolute Gasteiger partial charge is 0.378 e. The minimum atomic E-state index is -0.376. The number of benzene rings is 2. The zero-order valence-corrected chi connectivity index (χ0v) is 15.8. The lowest BCUT2D eigenvalue weighted by Crippen LogP contribution is -2.36. The summed E-state index contributed by atoms with van der Waals surface area (Å²) in [4.78, 5) is 19.2. The second-order valence-electron chi connectivity index (χ2n) is 6.29. The molecule has 0 radical (unpaired) electrons. The van der Waals surface area contributed by atoms with Gasteiger partial charge in [0.05, 0.1) is 13.2 Å². The zero-order chi connectivity index (χ0) is 19.5. The van der Waals surface area contributed by atoms with Crippen LogP contribution in [0, 0.1) is 0 Å². The van der Waals surface area contributed by atoms with Gasteiger partial charge in [-0.15, -0.1) is 5.10 Å². The third-order valence-electron chi connectivity index (χ3n) is 4.39. The number of anilines is 4. The number of nitrogens with two attached hydrogens (primary N) is 1. The van der Waals surface area contributed by atoms with Crippen LogP contribution in [0.25, 0.3) is 0 Å². The average Bonchev–Trinajstić information content (AvgIpc) is 3.08. The van der Waals surface area contributed by atoms with E-state index < -0.39 is 0 Å². The molecule has 2 aromatic carbocycles. The number of nitrogens with zero attached hydrogens (tertiary/aromatic N) is 4. The fraction of sp³-hybridized carbons (Fsp3) is 0.211. The topological polar surface area (TPSA) is 98.3 Å². The van der Waals surface area contributed by atoms with Crippen molar-refractivity contribution >= 4 is 40.8 Å². The van der Waals surface area contributed by atoms with E-state index in [1.807, 2.05) is 24.3 Å². The first-order valence-corrected chi connectivity index (χ1v) is 9.20. The van der Waals surface area contributed by atoms with Crippen LogP contribution in [0.15, 0.2) is 48.5 Å². The minimum absolute atomic E-state index is 0.00261. The van der Waals surface area contributed by atoms with Crippen molar-refractivity contribution in [3.8, 4) is 0 Å². The van der Waals surface area contributed by atoms with Crippen LogP contribution in [0.5, 0.6) is 0 Å². The Morgan fingerprint density at radius 2 is 1.89 bits per heavy atom. The predicted molar refractivity (Wildman–Crippen MR) is 108 cm³/mol. The van der Waals surface area contributed by atoms with Gasteiger partial charge in [-0.2, -0.15) is 9.67 Å². The Morgan fingerprint density at radius 1 is 1.14 bits per heavy atom. The van der Waals surface area contributed by atoms with Crippen LogP contribution in [0.3, 0.4) is 0 Å². The normalized spacial score (nSPS) is 14.1. The minimum Gasteiger partial charge on any atom is -0.378 e. The summed E-state index contributed by atoms with van der Waals surface area (Å²) in [6.07, 6.45) is 0. The highest BCUT2D eigenvalue weighted by Crippen LogP contribution is 2.22. The molecule has 3 N–H and O–H groups in total. The van der Waals surface area contributed by atoms with Crippen molar-refractivity contribution in [3.05, 3.63) is 59.1 Å². The van der Waals surface area contributed by atoms with Gasteiger partial charge in [0.25, 0.3) is 5.91 Å². The number of hydrogen-bond acceptors (Lipinski definition) is 7. The highest BCUT2D eigenvalue weighted by Gasteiger charge is 2.18. The van der Waals surface area contributed by atoms with Crippen molar-refractivity contribution in [2.45, 2.75) is 0 Å². The van der Waals surface area contributed by atoms with E-state index in [-0.39, 0.29) is 17.8 Å². The highest BCUT2D eigenvalue weighted by atomic mass is 35.5. The molecule has 0 aliphatic carbocycles. The lowest BCUT2D eigenvalue weighted by molar-refractivity contribution is 0.0948. The third kappa shape index (κ3) is 3.92. The first kappa shape index (κ1) is 18.3. The summed E-state index contributed by atoms with van der Waals surface area (Å²) in [5.41, 5.74) is 8.00. The molecular weight excluding hydrogens is 380 g/mol. The molecule has 2 heterocycles.